The topological polar surface area (TPSA) is 73.6 Å². The number of aromatic nitrogens is 1. The average Bonchev–Trinajstić information content (AvgIpc) is 3.30. The summed E-state index contributed by atoms with van der Waals surface area (Å²) in [5.41, 5.74) is 0.928. The Kier molecular flexibility index (Phi) is 5.48. The maximum atomic E-state index is 11.9. The molecule has 1 atom stereocenters. The van der Waals surface area contributed by atoms with Crippen molar-refractivity contribution in [2.45, 2.75) is 31.8 Å². The van der Waals surface area contributed by atoms with E-state index in [2.05, 4.69) is 10.3 Å². The Morgan fingerprint density at radius 2 is 2.21 bits per heavy atom. The number of nitrogens with zero attached hydrogens (tertiary/aromatic N) is 1. The molecule has 128 valence electrons. The number of carbonyl (C=O) groups is 1. The number of carbonyl (C=O) groups excluding carboxylic acids is 1. The fourth-order valence-electron chi connectivity index (χ4n) is 2.66. The van der Waals surface area contributed by atoms with Gasteiger partial charge in [-0.3, -0.25) is 4.79 Å². The zero-order chi connectivity index (χ0) is 16.8. The van der Waals surface area contributed by atoms with Crippen LogP contribution in [0, 0.1) is 0 Å². The van der Waals surface area contributed by atoms with Gasteiger partial charge < -0.3 is 19.2 Å². The first-order valence-electron chi connectivity index (χ1n) is 8.22. The van der Waals surface area contributed by atoms with Gasteiger partial charge in [0.15, 0.2) is 11.7 Å². The number of rotatable bonds is 7. The van der Waals surface area contributed by atoms with Crippen LogP contribution in [0.4, 0.5) is 0 Å². The molecule has 2 aromatic rings. The fraction of sp³-hybridized carbons (Fsp3) is 0.444. The van der Waals surface area contributed by atoms with Crippen molar-refractivity contribution < 1.29 is 18.7 Å². The smallest absolute Gasteiger partial charge is 0.220 e. The number of nitrogens with one attached hydrogen (secondary N) is 1. The Balaban J connectivity index is 1.47. The Labute approximate surface area is 141 Å². The van der Waals surface area contributed by atoms with Gasteiger partial charge in [0, 0.05) is 31.6 Å². The van der Waals surface area contributed by atoms with Gasteiger partial charge in [0.2, 0.25) is 5.91 Å². The third-order valence-corrected chi connectivity index (χ3v) is 4.04. The van der Waals surface area contributed by atoms with Crippen LogP contribution < -0.4 is 10.1 Å². The van der Waals surface area contributed by atoms with Crippen molar-refractivity contribution in [2.24, 2.45) is 0 Å². The van der Waals surface area contributed by atoms with Crippen molar-refractivity contribution in [3.8, 4) is 17.1 Å². The van der Waals surface area contributed by atoms with Gasteiger partial charge in [0.1, 0.15) is 5.75 Å². The van der Waals surface area contributed by atoms with Crippen LogP contribution in [-0.4, -0.2) is 37.3 Å². The molecule has 0 spiro atoms. The SMILES string of the molecule is COc1ccc(-c2cnc(CCC(=O)NC[C@H]3CCCO3)o2)cc1. The van der Waals surface area contributed by atoms with Crippen molar-refractivity contribution in [1.29, 1.82) is 0 Å². The highest BCUT2D eigenvalue weighted by Gasteiger charge is 2.16. The Hall–Kier alpha value is -2.34. The summed E-state index contributed by atoms with van der Waals surface area (Å²) in [6, 6.07) is 7.57. The van der Waals surface area contributed by atoms with E-state index in [-0.39, 0.29) is 12.0 Å². The molecule has 1 N–H and O–H groups in total. The molecule has 1 amide bonds. The molecule has 6 heteroatoms. The lowest BCUT2D eigenvalue weighted by atomic mass is 10.2. The first kappa shape index (κ1) is 16.5. The second-order valence-corrected chi connectivity index (χ2v) is 5.79. The third kappa shape index (κ3) is 4.35. The van der Waals surface area contributed by atoms with Crippen molar-refractivity contribution >= 4 is 5.91 Å². The molecule has 0 radical (unpaired) electrons. The van der Waals surface area contributed by atoms with Crippen LogP contribution in [0.3, 0.4) is 0 Å². The zero-order valence-electron chi connectivity index (χ0n) is 13.8. The van der Waals surface area contributed by atoms with Crippen LogP contribution in [0.25, 0.3) is 11.3 Å². The van der Waals surface area contributed by atoms with Gasteiger partial charge in [0.05, 0.1) is 19.4 Å². The molecule has 0 saturated carbocycles. The van der Waals surface area contributed by atoms with Crippen LogP contribution >= 0.6 is 0 Å². The van der Waals surface area contributed by atoms with E-state index in [1.165, 1.54) is 0 Å². The maximum Gasteiger partial charge on any atom is 0.220 e. The average molecular weight is 330 g/mol. The molecule has 2 heterocycles. The van der Waals surface area contributed by atoms with Gasteiger partial charge in [-0.1, -0.05) is 0 Å². The van der Waals surface area contributed by atoms with Crippen molar-refractivity contribution in [1.82, 2.24) is 10.3 Å². The number of hydrogen-bond donors (Lipinski definition) is 1. The first-order valence-corrected chi connectivity index (χ1v) is 8.22. The molecule has 0 aliphatic carbocycles. The lowest BCUT2D eigenvalue weighted by molar-refractivity contribution is -0.121. The Bertz CT molecular complexity index is 660. The van der Waals surface area contributed by atoms with Crippen LogP contribution in [0.2, 0.25) is 0 Å². The van der Waals surface area contributed by atoms with E-state index in [1.54, 1.807) is 13.3 Å². The summed E-state index contributed by atoms with van der Waals surface area (Å²) in [7, 11) is 1.63. The first-order chi connectivity index (χ1) is 11.7. The van der Waals surface area contributed by atoms with E-state index in [9.17, 15) is 4.79 Å². The van der Waals surface area contributed by atoms with Gasteiger partial charge in [-0.15, -0.1) is 0 Å². The lowest BCUT2D eigenvalue weighted by Gasteiger charge is -2.10. The van der Waals surface area contributed by atoms with E-state index in [4.69, 9.17) is 13.9 Å². The largest absolute Gasteiger partial charge is 0.497 e. The van der Waals surface area contributed by atoms with Gasteiger partial charge in [-0.05, 0) is 37.1 Å². The molecule has 1 aromatic heterocycles. The van der Waals surface area contributed by atoms with Gasteiger partial charge in [0.25, 0.3) is 0 Å². The number of benzene rings is 1. The summed E-state index contributed by atoms with van der Waals surface area (Å²) in [4.78, 5) is 16.1. The molecule has 1 aliphatic rings. The lowest BCUT2D eigenvalue weighted by Crippen LogP contribution is -2.31. The highest BCUT2D eigenvalue weighted by atomic mass is 16.5. The second-order valence-electron chi connectivity index (χ2n) is 5.79. The third-order valence-electron chi connectivity index (χ3n) is 4.04. The van der Waals surface area contributed by atoms with E-state index < -0.39 is 0 Å². The van der Waals surface area contributed by atoms with Crippen LogP contribution in [0.5, 0.6) is 5.75 Å². The number of hydrogen-bond acceptors (Lipinski definition) is 5. The quantitative estimate of drug-likeness (QED) is 0.844. The monoisotopic (exact) mass is 330 g/mol. The standard InChI is InChI=1S/C18H22N2O4/c1-22-14-6-4-13(5-7-14)16-12-20-18(24-16)9-8-17(21)19-11-15-3-2-10-23-15/h4-7,12,15H,2-3,8-11H2,1H3,(H,19,21)/t15-/m1/s1. The summed E-state index contributed by atoms with van der Waals surface area (Å²) in [5, 5.41) is 2.90. The van der Waals surface area contributed by atoms with Crippen molar-refractivity contribution in [2.75, 3.05) is 20.3 Å². The summed E-state index contributed by atoms with van der Waals surface area (Å²) >= 11 is 0. The number of methoxy groups -OCH3 is 1. The molecule has 1 aliphatic heterocycles. The number of ether oxygens (including phenoxy) is 2. The molecular weight excluding hydrogens is 308 g/mol. The summed E-state index contributed by atoms with van der Waals surface area (Å²) in [6.07, 6.45) is 4.78. The van der Waals surface area contributed by atoms with E-state index in [0.717, 1.165) is 30.8 Å². The molecule has 0 unspecified atom stereocenters. The normalized spacial score (nSPS) is 17.0. The van der Waals surface area contributed by atoms with Gasteiger partial charge >= 0.3 is 0 Å². The maximum absolute atomic E-state index is 11.9. The minimum absolute atomic E-state index is 0.00491. The van der Waals surface area contributed by atoms with Crippen molar-refractivity contribution in [3.63, 3.8) is 0 Å². The van der Waals surface area contributed by atoms with E-state index in [0.29, 0.717) is 31.0 Å². The Morgan fingerprint density at radius 3 is 2.92 bits per heavy atom. The summed E-state index contributed by atoms with van der Waals surface area (Å²) in [5.74, 6) is 2.04. The predicted octanol–water partition coefficient (Wildman–Crippen LogP) is 2.58. The number of amides is 1. The summed E-state index contributed by atoms with van der Waals surface area (Å²) < 4.78 is 16.3. The van der Waals surface area contributed by atoms with Crippen LogP contribution in [0.1, 0.15) is 25.2 Å². The second kappa shape index (κ2) is 7.97. The number of aryl methyl sites for hydroxylation is 1. The highest BCUT2D eigenvalue weighted by Crippen LogP contribution is 2.23. The van der Waals surface area contributed by atoms with Crippen LogP contribution in [-0.2, 0) is 16.0 Å². The molecule has 1 fully saturated rings. The molecular formula is C18H22N2O4. The minimum atomic E-state index is -0.00491. The Morgan fingerprint density at radius 1 is 1.38 bits per heavy atom. The van der Waals surface area contributed by atoms with E-state index in [1.807, 2.05) is 24.3 Å². The molecule has 1 aromatic carbocycles. The van der Waals surface area contributed by atoms with Crippen LogP contribution in [0.15, 0.2) is 34.9 Å². The van der Waals surface area contributed by atoms with Gasteiger partial charge in [-0.2, -0.15) is 0 Å². The number of oxazole rings is 1. The predicted molar refractivity (Wildman–Crippen MR) is 88.8 cm³/mol. The molecule has 0 bridgehead atoms. The molecule has 1 saturated heterocycles. The van der Waals surface area contributed by atoms with Crippen molar-refractivity contribution in [3.05, 3.63) is 36.4 Å². The molecule has 6 nitrogen and oxygen atoms in total. The minimum Gasteiger partial charge on any atom is -0.497 e. The fourth-order valence-corrected chi connectivity index (χ4v) is 2.66. The van der Waals surface area contributed by atoms with Gasteiger partial charge in [-0.25, -0.2) is 4.98 Å². The molecule has 3 rings (SSSR count). The van der Waals surface area contributed by atoms with E-state index >= 15 is 0 Å². The summed E-state index contributed by atoms with van der Waals surface area (Å²) in [6.45, 7) is 1.38. The zero-order valence-corrected chi connectivity index (χ0v) is 13.8. The highest BCUT2D eigenvalue weighted by molar-refractivity contribution is 5.76. The molecule has 24 heavy (non-hydrogen) atoms.